The fourth-order valence-electron chi connectivity index (χ4n) is 3.45. The van der Waals surface area contributed by atoms with E-state index in [0.29, 0.717) is 24.4 Å². The van der Waals surface area contributed by atoms with Gasteiger partial charge in [-0.15, -0.1) is 0 Å². The average Bonchev–Trinajstić information content (AvgIpc) is 2.68. The smallest absolute Gasteiger partial charge is 0.242 e. The molecule has 4 nitrogen and oxygen atoms in total. The summed E-state index contributed by atoms with van der Waals surface area (Å²) in [7, 11) is 0. The van der Waals surface area contributed by atoms with Crippen molar-refractivity contribution in [3.05, 3.63) is 70.2 Å². The van der Waals surface area contributed by atoms with Gasteiger partial charge in [0.1, 0.15) is 6.04 Å². The van der Waals surface area contributed by atoms with Gasteiger partial charge >= 0.3 is 0 Å². The van der Waals surface area contributed by atoms with Gasteiger partial charge in [-0.3, -0.25) is 9.59 Å². The number of carbonyl (C=O) groups is 2. The number of aryl methyl sites for hydroxylation is 1. The molecular weight excluding hydrogens is 420 g/mol. The fourth-order valence-corrected chi connectivity index (χ4v) is 3.67. The molecule has 0 aliphatic rings. The van der Waals surface area contributed by atoms with Crippen LogP contribution in [0.25, 0.3) is 0 Å². The lowest BCUT2D eigenvalue weighted by molar-refractivity contribution is -0.141. The van der Waals surface area contributed by atoms with Crippen molar-refractivity contribution in [1.82, 2.24) is 10.2 Å². The molecule has 32 heavy (non-hydrogen) atoms. The van der Waals surface area contributed by atoms with Crippen LogP contribution in [0.5, 0.6) is 0 Å². The zero-order chi connectivity index (χ0) is 24.1. The summed E-state index contributed by atoms with van der Waals surface area (Å²) < 4.78 is 0. The van der Waals surface area contributed by atoms with Gasteiger partial charge in [0.15, 0.2) is 0 Å². The lowest BCUT2D eigenvalue weighted by Crippen LogP contribution is -2.52. The summed E-state index contributed by atoms with van der Waals surface area (Å²) in [6, 6.07) is 15.3. The van der Waals surface area contributed by atoms with Crippen molar-refractivity contribution in [3.8, 4) is 0 Å². The maximum absolute atomic E-state index is 13.3. The first-order valence-corrected chi connectivity index (χ1v) is 11.6. The summed E-state index contributed by atoms with van der Waals surface area (Å²) in [6.07, 6.45) is 0.964. The van der Waals surface area contributed by atoms with Crippen LogP contribution in [-0.2, 0) is 28.0 Å². The Kier molecular flexibility index (Phi) is 8.53. The highest BCUT2D eigenvalue weighted by Crippen LogP contribution is 2.23. The second-order valence-corrected chi connectivity index (χ2v) is 11.0. The molecule has 0 bridgehead atoms. The Labute approximate surface area is 198 Å². The quantitative estimate of drug-likeness (QED) is 0.563. The molecule has 174 valence electrons. The normalized spacial score (nSPS) is 12.9. The first kappa shape index (κ1) is 25.9. The monoisotopic (exact) mass is 456 g/mol. The maximum Gasteiger partial charge on any atom is 0.242 e. The zero-order valence-corrected chi connectivity index (χ0v) is 21.2. The van der Waals surface area contributed by atoms with Crippen LogP contribution in [0, 0.1) is 0 Å². The predicted octanol–water partition coefficient (Wildman–Crippen LogP) is 5.90. The van der Waals surface area contributed by atoms with Crippen LogP contribution < -0.4 is 5.32 Å². The number of amides is 2. The zero-order valence-electron chi connectivity index (χ0n) is 20.5. The number of nitrogens with one attached hydrogen (secondary N) is 1. The molecule has 1 atom stereocenters. The highest BCUT2D eigenvalue weighted by Gasteiger charge is 2.28. The molecule has 0 saturated heterocycles. The summed E-state index contributed by atoms with van der Waals surface area (Å²) in [4.78, 5) is 27.7. The minimum absolute atomic E-state index is 0.0542. The molecule has 5 heteroatoms. The van der Waals surface area contributed by atoms with E-state index in [-0.39, 0.29) is 22.8 Å². The van der Waals surface area contributed by atoms with E-state index >= 15 is 0 Å². The first-order chi connectivity index (χ1) is 14.8. The Morgan fingerprint density at radius 2 is 1.59 bits per heavy atom. The van der Waals surface area contributed by atoms with Gasteiger partial charge in [-0.1, -0.05) is 68.8 Å². The number of benzene rings is 2. The molecule has 2 rings (SSSR count). The van der Waals surface area contributed by atoms with Crippen molar-refractivity contribution in [2.75, 3.05) is 0 Å². The topological polar surface area (TPSA) is 49.4 Å². The van der Waals surface area contributed by atoms with Crippen molar-refractivity contribution < 1.29 is 9.59 Å². The van der Waals surface area contributed by atoms with Gasteiger partial charge in [-0.25, -0.2) is 0 Å². The van der Waals surface area contributed by atoms with E-state index in [1.54, 1.807) is 17.9 Å². The van der Waals surface area contributed by atoms with E-state index in [1.807, 2.05) is 39.0 Å². The van der Waals surface area contributed by atoms with E-state index in [0.717, 1.165) is 11.1 Å². The Balaban J connectivity index is 2.16. The number of hydrogen-bond donors (Lipinski definition) is 1. The first-order valence-electron chi connectivity index (χ1n) is 11.2. The SMILES string of the molecule is CC(C(=O)NC(C)(C)C)N(Cc1cccc(Cl)c1)C(=O)CCc1ccc(C(C)(C)C)cc1. The minimum Gasteiger partial charge on any atom is -0.350 e. The molecule has 2 aromatic carbocycles. The highest BCUT2D eigenvalue weighted by atomic mass is 35.5. The second-order valence-electron chi connectivity index (χ2n) is 10.5. The fraction of sp³-hybridized carbons (Fsp3) is 0.481. The molecule has 0 saturated carbocycles. The molecule has 0 heterocycles. The van der Waals surface area contributed by atoms with Gasteiger partial charge in [0.2, 0.25) is 11.8 Å². The van der Waals surface area contributed by atoms with E-state index in [1.165, 1.54) is 5.56 Å². The Hall–Kier alpha value is -2.33. The largest absolute Gasteiger partial charge is 0.350 e. The van der Waals surface area contributed by atoms with Crippen molar-refractivity contribution in [2.45, 2.75) is 84.8 Å². The second kappa shape index (κ2) is 10.5. The molecular formula is C27H37ClN2O2. The summed E-state index contributed by atoms with van der Waals surface area (Å²) in [5.41, 5.74) is 3.00. The van der Waals surface area contributed by atoms with Crippen LogP contribution in [-0.4, -0.2) is 28.3 Å². The number of halogens is 1. The molecule has 0 radical (unpaired) electrons. The summed E-state index contributed by atoms with van der Waals surface area (Å²) >= 11 is 6.14. The molecule has 2 amide bonds. The van der Waals surface area contributed by atoms with E-state index in [4.69, 9.17) is 11.6 Å². The van der Waals surface area contributed by atoms with Crippen LogP contribution >= 0.6 is 11.6 Å². The standard InChI is InChI=1S/C27H37ClN2O2/c1-19(25(32)29-27(5,6)7)30(18-21-9-8-10-23(28)17-21)24(31)16-13-20-11-14-22(15-12-20)26(2,3)4/h8-12,14-15,17,19H,13,16,18H2,1-7H3,(H,29,32). The van der Waals surface area contributed by atoms with Crippen LogP contribution in [0.2, 0.25) is 5.02 Å². The minimum atomic E-state index is -0.594. The van der Waals surface area contributed by atoms with Gasteiger partial charge < -0.3 is 10.2 Å². The van der Waals surface area contributed by atoms with Gasteiger partial charge in [-0.05, 0) is 68.4 Å². The van der Waals surface area contributed by atoms with Crippen molar-refractivity contribution >= 4 is 23.4 Å². The van der Waals surface area contributed by atoms with Crippen molar-refractivity contribution in [2.24, 2.45) is 0 Å². The van der Waals surface area contributed by atoms with Crippen LogP contribution in [0.1, 0.15) is 71.6 Å². The highest BCUT2D eigenvalue weighted by molar-refractivity contribution is 6.30. The summed E-state index contributed by atoms with van der Waals surface area (Å²) in [6.45, 7) is 14.5. The molecule has 0 aromatic heterocycles. The molecule has 1 N–H and O–H groups in total. The number of hydrogen-bond acceptors (Lipinski definition) is 2. The van der Waals surface area contributed by atoms with E-state index in [9.17, 15) is 9.59 Å². The lowest BCUT2D eigenvalue weighted by Gasteiger charge is -2.31. The summed E-state index contributed by atoms with van der Waals surface area (Å²) in [5.74, 6) is -0.219. The third-order valence-electron chi connectivity index (χ3n) is 5.35. The molecule has 2 aromatic rings. The molecule has 1 unspecified atom stereocenters. The van der Waals surface area contributed by atoms with Gasteiger partial charge in [0.05, 0.1) is 0 Å². The Morgan fingerprint density at radius 3 is 2.12 bits per heavy atom. The third-order valence-corrected chi connectivity index (χ3v) is 5.59. The Bertz CT molecular complexity index is 924. The molecule has 0 aliphatic heterocycles. The van der Waals surface area contributed by atoms with Gasteiger partial charge in [0.25, 0.3) is 0 Å². The average molecular weight is 457 g/mol. The Morgan fingerprint density at radius 1 is 0.969 bits per heavy atom. The third kappa shape index (κ3) is 7.98. The van der Waals surface area contributed by atoms with E-state index < -0.39 is 6.04 Å². The van der Waals surface area contributed by atoms with Crippen molar-refractivity contribution in [3.63, 3.8) is 0 Å². The molecule has 0 fully saturated rings. The van der Waals surface area contributed by atoms with Gasteiger partial charge in [0, 0.05) is 23.5 Å². The van der Waals surface area contributed by atoms with Crippen LogP contribution in [0.3, 0.4) is 0 Å². The molecule has 0 aliphatic carbocycles. The lowest BCUT2D eigenvalue weighted by atomic mass is 9.86. The van der Waals surface area contributed by atoms with Crippen LogP contribution in [0.4, 0.5) is 0 Å². The van der Waals surface area contributed by atoms with Crippen LogP contribution in [0.15, 0.2) is 48.5 Å². The van der Waals surface area contributed by atoms with Crippen molar-refractivity contribution in [1.29, 1.82) is 0 Å². The number of nitrogens with zero attached hydrogens (tertiary/aromatic N) is 1. The predicted molar refractivity (Wildman–Crippen MR) is 133 cm³/mol. The van der Waals surface area contributed by atoms with Gasteiger partial charge in [-0.2, -0.15) is 0 Å². The summed E-state index contributed by atoms with van der Waals surface area (Å²) in [5, 5.41) is 3.60. The maximum atomic E-state index is 13.3. The molecule has 0 spiro atoms. The number of rotatable bonds is 7. The van der Waals surface area contributed by atoms with E-state index in [2.05, 4.69) is 50.4 Å². The number of carbonyl (C=O) groups excluding carboxylic acids is 2.